The molecule has 3 rings (SSSR count). The van der Waals surface area contributed by atoms with Crippen LogP contribution in [0.5, 0.6) is 0 Å². The molecular weight excluding hydrogens is 345 g/mol. The van der Waals surface area contributed by atoms with Crippen LogP contribution in [0.4, 0.5) is 9.18 Å². The molecule has 6 nitrogen and oxygen atoms in total. The predicted octanol–water partition coefficient (Wildman–Crippen LogP) is 3.78. The smallest absolute Gasteiger partial charge is 0.434 e. The number of ether oxygens (including phenoxy) is 2. The van der Waals surface area contributed by atoms with Crippen LogP contribution in [0.3, 0.4) is 0 Å². The molecule has 2 heterocycles. The Morgan fingerprint density at radius 3 is 2.76 bits per heavy atom. The van der Waals surface area contributed by atoms with Crippen molar-refractivity contribution in [3.63, 3.8) is 0 Å². The van der Waals surface area contributed by atoms with Crippen molar-refractivity contribution in [1.82, 2.24) is 10.3 Å². The van der Waals surface area contributed by atoms with Gasteiger partial charge in [0.05, 0.1) is 17.8 Å². The largest absolute Gasteiger partial charge is 0.513 e. The molecule has 0 saturated carbocycles. The Morgan fingerprint density at radius 1 is 1.36 bits per heavy atom. The Hall–Kier alpha value is -2.74. The van der Waals surface area contributed by atoms with Crippen LogP contribution in [0, 0.1) is 5.82 Å². The van der Waals surface area contributed by atoms with Crippen molar-refractivity contribution in [2.24, 2.45) is 4.99 Å². The molecule has 2 aromatic rings. The van der Waals surface area contributed by atoms with E-state index in [1.165, 1.54) is 23.5 Å². The molecule has 8 heteroatoms. The molecule has 130 valence electrons. The molecule has 0 bridgehead atoms. The first-order chi connectivity index (χ1) is 12.1. The number of hydrogen-bond acceptors (Lipinski definition) is 7. The third kappa shape index (κ3) is 3.85. The monoisotopic (exact) mass is 361 g/mol. The average Bonchev–Trinajstić information content (AvgIpc) is 3.12. The summed E-state index contributed by atoms with van der Waals surface area (Å²) in [4.78, 5) is 20.6. The summed E-state index contributed by atoms with van der Waals surface area (Å²) < 4.78 is 23.5. The topological polar surface area (TPSA) is 72.8 Å². The van der Waals surface area contributed by atoms with Crippen molar-refractivity contribution in [1.29, 1.82) is 0 Å². The van der Waals surface area contributed by atoms with E-state index >= 15 is 0 Å². The van der Waals surface area contributed by atoms with E-state index < -0.39 is 12.2 Å². The van der Waals surface area contributed by atoms with Gasteiger partial charge in [-0.25, -0.2) is 19.2 Å². The van der Waals surface area contributed by atoms with E-state index in [-0.39, 0.29) is 12.4 Å². The number of aromatic nitrogens is 1. The van der Waals surface area contributed by atoms with E-state index in [1.807, 2.05) is 5.38 Å². The van der Waals surface area contributed by atoms with Crippen molar-refractivity contribution < 1.29 is 18.7 Å². The molecule has 0 aliphatic carbocycles. The molecule has 0 spiro atoms. The molecule has 1 aromatic carbocycles. The predicted molar refractivity (Wildman–Crippen MR) is 91.7 cm³/mol. The number of nitrogens with one attached hydrogen (secondary N) is 1. The number of amidine groups is 1. The van der Waals surface area contributed by atoms with Crippen molar-refractivity contribution in [2.45, 2.75) is 19.9 Å². The summed E-state index contributed by atoms with van der Waals surface area (Å²) in [5.41, 5.74) is 3.69. The van der Waals surface area contributed by atoms with Gasteiger partial charge < -0.3 is 14.8 Å². The summed E-state index contributed by atoms with van der Waals surface area (Å²) in [7, 11) is 0. The standard InChI is InChI=1S/C17H16FN3O3S/c1-3-23-17(22)24-15-10(2)20-16(13-8-25-9-19-13)21-14(15)11-4-6-12(18)7-5-11/h4-9,14H,3H2,1-2H3,(H,20,21). The van der Waals surface area contributed by atoms with Crippen molar-refractivity contribution >= 4 is 23.3 Å². The lowest BCUT2D eigenvalue weighted by atomic mass is 10.0. The summed E-state index contributed by atoms with van der Waals surface area (Å²) >= 11 is 1.45. The molecule has 1 N–H and O–H groups in total. The van der Waals surface area contributed by atoms with E-state index in [4.69, 9.17) is 9.47 Å². The number of nitrogens with zero attached hydrogens (tertiary/aromatic N) is 2. The van der Waals surface area contributed by atoms with Gasteiger partial charge in [0.1, 0.15) is 17.6 Å². The van der Waals surface area contributed by atoms with Crippen LogP contribution in [0.15, 0.2) is 51.6 Å². The van der Waals surface area contributed by atoms with Gasteiger partial charge in [0.2, 0.25) is 0 Å². The maximum Gasteiger partial charge on any atom is 0.513 e. The van der Waals surface area contributed by atoms with Crippen LogP contribution in [0.1, 0.15) is 31.1 Å². The normalized spacial score (nSPS) is 16.9. The second-order valence-electron chi connectivity index (χ2n) is 5.20. The molecule has 1 aromatic heterocycles. The Morgan fingerprint density at radius 2 is 2.12 bits per heavy atom. The Kier molecular flexibility index (Phi) is 5.08. The molecule has 1 unspecified atom stereocenters. The van der Waals surface area contributed by atoms with Crippen molar-refractivity contribution in [3.8, 4) is 0 Å². The number of allylic oxidation sites excluding steroid dienone is 1. The Labute approximate surface area is 148 Å². The molecule has 1 aliphatic rings. The number of thiazole rings is 1. The van der Waals surface area contributed by atoms with E-state index in [0.29, 0.717) is 28.5 Å². The summed E-state index contributed by atoms with van der Waals surface area (Å²) in [6.45, 7) is 3.66. The molecule has 0 amide bonds. The van der Waals surface area contributed by atoms with Crippen LogP contribution in [0.2, 0.25) is 0 Å². The van der Waals surface area contributed by atoms with Crippen LogP contribution in [0.25, 0.3) is 0 Å². The van der Waals surface area contributed by atoms with Gasteiger partial charge in [0, 0.05) is 5.38 Å². The van der Waals surface area contributed by atoms with Crippen LogP contribution in [-0.4, -0.2) is 23.6 Å². The van der Waals surface area contributed by atoms with Crippen molar-refractivity contribution in [3.05, 3.63) is 63.7 Å². The zero-order valence-electron chi connectivity index (χ0n) is 13.7. The summed E-state index contributed by atoms with van der Waals surface area (Å²) in [6, 6.07) is 5.28. The third-order valence-electron chi connectivity index (χ3n) is 3.50. The molecule has 25 heavy (non-hydrogen) atoms. The van der Waals surface area contributed by atoms with Gasteiger partial charge in [-0.15, -0.1) is 11.3 Å². The van der Waals surface area contributed by atoms with Crippen molar-refractivity contribution in [2.75, 3.05) is 6.61 Å². The number of rotatable bonds is 4. The average molecular weight is 361 g/mol. The zero-order chi connectivity index (χ0) is 17.8. The van der Waals surface area contributed by atoms with Gasteiger partial charge in [0.25, 0.3) is 0 Å². The minimum absolute atomic E-state index is 0.202. The van der Waals surface area contributed by atoms with E-state index in [2.05, 4.69) is 15.3 Å². The maximum absolute atomic E-state index is 13.3. The fourth-order valence-corrected chi connectivity index (χ4v) is 2.90. The van der Waals surface area contributed by atoms with E-state index in [1.54, 1.807) is 31.5 Å². The second-order valence-corrected chi connectivity index (χ2v) is 5.92. The minimum atomic E-state index is -0.807. The van der Waals surface area contributed by atoms with Crippen LogP contribution < -0.4 is 5.32 Å². The molecular formula is C17H16FN3O3S. The summed E-state index contributed by atoms with van der Waals surface area (Å²) in [5, 5.41) is 4.95. The summed E-state index contributed by atoms with van der Waals surface area (Å²) in [6.07, 6.45) is -0.807. The quantitative estimate of drug-likeness (QED) is 0.839. The molecule has 1 aliphatic heterocycles. The number of aliphatic imine (C=N–C) groups is 1. The van der Waals surface area contributed by atoms with Gasteiger partial charge in [-0.1, -0.05) is 12.1 Å². The Bertz CT molecular complexity index is 816. The first-order valence-corrected chi connectivity index (χ1v) is 8.57. The van der Waals surface area contributed by atoms with Gasteiger partial charge in [-0.2, -0.15) is 0 Å². The van der Waals surface area contributed by atoms with E-state index in [0.717, 1.165) is 0 Å². The van der Waals surface area contributed by atoms with E-state index in [9.17, 15) is 9.18 Å². The third-order valence-corrected chi connectivity index (χ3v) is 4.08. The lowest BCUT2D eigenvalue weighted by Gasteiger charge is -2.25. The number of carbonyl (C=O) groups excluding carboxylic acids is 1. The molecule has 0 fully saturated rings. The lowest BCUT2D eigenvalue weighted by Crippen LogP contribution is -2.31. The first-order valence-electron chi connectivity index (χ1n) is 7.62. The van der Waals surface area contributed by atoms with Gasteiger partial charge in [-0.3, -0.25) is 0 Å². The van der Waals surface area contributed by atoms with Gasteiger partial charge in [-0.05, 0) is 31.5 Å². The van der Waals surface area contributed by atoms with Gasteiger partial charge in [0.15, 0.2) is 11.6 Å². The highest BCUT2D eigenvalue weighted by Gasteiger charge is 2.29. The molecule has 1 atom stereocenters. The fraction of sp³-hybridized carbons (Fsp3) is 0.235. The highest BCUT2D eigenvalue weighted by atomic mass is 32.1. The lowest BCUT2D eigenvalue weighted by molar-refractivity contribution is 0.0763. The maximum atomic E-state index is 13.3. The van der Waals surface area contributed by atoms with Gasteiger partial charge >= 0.3 is 6.16 Å². The first kappa shape index (κ1) is 17.1. The highest BCUT2D eigenvalue weighted by Crippen LogP contribution is 2.32. The second kappa shape index (κ2) is 7.43. The van der Waals surface area contributed by atoms with Crippen LogP contribution >= 0.6 is 11.3 Å². The molecule has 0 saturated heterocycles. The zero-order valence-corrected chi connectivity index (χ0v) is 14.5. The summed E-state index contributed by atoms with van der Waals surface area (Å²) in [5.74, 6) is 0.517. The highest BCUT2D eigenvalue weighted by molar-refractivity contribution is 7.07. The number of carbonyl (C=O) groups is 1. The number of benzene rings is 1. The SMILES string of the molecule is CCOC(=O)OC1=C(C)NC(c2cscn2)=NC1c1ccc(F)cc1. The number of hydrogen-bond donors (Lipinski definition) is 1. The van der Waals surface area contributed by atoms with Crippen LogP contribution in [-0.2, 0) is 9.47 Å². The minimum Gasteiger partial charge on any atom is -0.434 e. The Balaban J connectivity index is 1.98. The fourth-order valence-electron chi connectivity index (χ4n) is 2.36. The number of halogens is 1. The molecule has 0 radical (unpaired) electrons.